The lowest BCUT2D eigenvalue weighted by molar-refractivity contribution is -0.111. The molecular formula is C8H5BrN2O. The molecule has 0 bridgehead atoms. The molecule has 0 spiro atoms. The van der Waals surface area contributed by atoms with Crippen LogP contribution in [0.1, 0.15) is 0 Å². The van der Waals surface area contributed by atoms with Gasteiger partial charge in [0.15, 0.2) is 0 Å². The second-order valence-corrected chi connectivity index (χ2v) is 2.76. The van der Waals surface area contributed by atoms with Crippen LogP contribution in [0, 0.1) is 12.3 Å². The number of nitrogens with one attached hydrogen (secondary N) is 1. The highest BCUT2D eigenvalue weighted by atomic mass is 79.9. The molecule has 3 nitrogen and oxygen atoms in total. The minimum atomic E-state index is -0.499. The van der Waals surface area contributed by atoms with Crippen LogP contribution in [0.15, 0.2) is 22.8 Å². The Morgan fingerprint density at radius 3 is 3.00 bits per heavy atom. The normalized spacial score (nSPS) is 8.67. The smallest absolute Gasteiger partial charge is 0.300 e. The van der Waals surface area contributed by atoms with Crippen molar-refractivity contribution in [2.75, 3.05) is 5.32 Å². The Kier molecular flexibility index (Phi) is 2.83. The van der Waals surface area contributed by atoms with Gasteiger partial charge in [0.2, 0.25) is 0 Å². The Balaban J connectivity index is 2.78. The maximum atomic E-state index is 10.7. The number of nitrogens with zero attached hydrogens (tertiary/aromatic N) is 1. The Labute approximate surface area is 78.3 Å². The van der Waals surface area contributed by atoms with Crippen LogP contribution >= 0.6 is 15.9 Å². The molecule has 0 radical (unpaired) electrons. The topological polar surface area (TPSA) is 42.0 Å². The molecule has 60 valence electrons. The van der Waals surface area contributed by atoms with Crippen LogP contribution in [0.25, 0.3) is 0 Å². The van der Waals surface area contributed by atoms with Gasteiger partial charge in [0, 0.05) is 0 Å². The van der Waals surface area contributed by atoms with Crippen molar-refractivity contribution in [2.24, 2.45) is 0 Å². The summed E-state index contributed by atoms with van der Waals surface area (Å²) in [6, 6.07) is 5.16. The van der Waals surface area contributed by atoms with E-state index in [1.54, 1.807) is 18.2 Å². The largest absolute Gasteiger partial charge is 0.301 e. The van der Waals surface area contributed by atoms with Gasteiger partial charge >= 0.3 is 5.91 Å². The standard InChI is InChI=1S/C8H5BrN2O/c1-2-8(12)11-7-5-3-4-6(9)10-7/h1,3-5H,(H,10,11,12). The second-order valence-electron chi connectivity index (χ2n) is 1.94. The first-order chi connectivity index (χ1) is 5.72. The number of carbonyl (C=O) groups is 1. The van der Waals surface area contributed by atoms with Crippen LogP contribution < -0.4 is 5.32 Å². The number of carbonyl (C=O) groups excluding carboxylic acids is 1. The predicted octanol–water partition coefficient (Wildman–Crippen LogP) is 1.42. The first kappa shape index (κ1) is 8.75. The lowest BCUT2D eigenvalue weighted by atomic mass is 10.4. The predicted molar refractivity (Wildman–Crippen MR) is 49.4 cm³/mol. The summed E-state index contributed by atoms with van der Waals surface area (Å²) in [6.45, 7) is 0. The summed E-state index contributed by atoms with van der Waals surface area (Å²) in [5.74, 6) is 1.87. The van der Waals surface area contributed by atoms with Gasteiger partial charge in [-0.1, -0.05) is 6.07 Å². The van der Waals surface area contributed by atoms with Crippen LogP contribution in [-0.4, -0.2) is 10.9 Å². The zero-order valence-corrected chi connectivity index (χ0v) is 7.63. The van der Waals surface area contributed by atoms with E-state index in [-0.39, 0.29) is 0 Å². The maximum absolute atomic E-state index is 10.7. The van der Waals surface area contributed by atoms with Crippen LogP contribution in [0.4, 0.5) is 5.82 Å². The van der Waals surface area contributed by atoms with Crippen molar-refractivity contribution < 1.29 is 4.79 Å². The Hall–Kier alpha value is -1.34. The van der Waals surface area contributed by atoms with Gasteiger partial charge in [0.25, 0.3) is 0 Å². The number of aromatic nitrogens is 1. The van der Waals surface area contributed by atoms with Crippen molar-refractivity contribution in [1.29, 1.82) is 0 Å². The molecular weight excluding hydrogens is 220 g/mol. The highest BCUT2D eigenvalue weighted by Gasteiger charge is 1.97. The molecule has 1 aromatic heterocycles. The van der Waals surface area contributed by atoms with Crippen molar-refractivity contribution >= 4 is 27.7 Å². The zero-order chi connectivity index (χ0) is 8.97. The summed E-state index contributed by atoms with van der Waals surface area (Å²) in [6.07, 6.45) is 4.86. The van der Waals surface area contributed by atoms with E-state index in [0.29, 0.717) is 10.4 Å². The van der Waals surface area contributed by atoms with Gasteiger partial charge < -0.3 is 0 Å². The summed E-state index contributed by atoms with van der Waals surface area (Å²) in [5.41, 5.74) is 0. The van der Waals surface area contributed by atoms with Gasteiger partial charge in [0.05, 0.1) is 0 Å². The number of anilines is 1. The first-order valence-electron chi connectivity index (χ1n) is 3.12. The van der Waals surface area contributed by atoms with Gasteiger partial charge in [-0.25, -0.2) is 4.98 Å². The third-order valence-electron chi connectivity index (χ3n) is 1.09. The molecule has 1 amide bonds. The fourth-order valence-electron chi connectivity index (χ4n) is 0.630. The van der Waals surface area contributed by atoms with Gasteiger partial charge in [-0.15, -0.1) is 6.42 Å². The van der Waals surface area contributed by atoms with Gasteiger partial charge in [0.1, 0.15) is 10.4 Å². The highest BCUT2D eigenvalue weighted by molar-refractivity contribution is 9.10. The minimum Gasteiger partial charge on any atom is -0.300 e. The summed E-state index contributed by atoms with van der Waals surface area (Å²) < 4.78 is 0.650. The van der Waals surface area contributed by atoms with Gasteiger partial charge in [-0.05, 0) is 34.0 Å². The van der Waals surface area contributed by atoms with E-state index in [1.807, 2.05) is 5.92 Å². The molecule has 0 aromatic carbocycles. The number of rotatable bonds is 1. The van der Waals surface area contributed by atoms with Crippen molar-refractivity contribution in [2.45, 2.75) is 0 Å². The van der Waals surface area contributed by atoms with E-state index >= 15 is 0 Å². The number of amides is 1. The highest BCUT2D eigenvalue weighted by Crippen LogP contribution is 2.09. The number of halogens is 1. The average Bonchev–Trinajstić information content (AvgIpc) is 2.04. The van der Waals surface area contributed by atoms with E-state index in [9.17, 15) is 4.79 Å². The molecule has 0 aliphatic rings. The third kappa shape index (κ3) is 2.36. The van der Waals surface area contributed by atoms with Crippen LogP contribution in [0.5, 0.6) is 0 Å². The number of terminal acetylenes is 1. The zero-order valence-electron chi connectivity index (χ0n) is 6.04. The molecule has 0 atom stereocenters. The summed E-state index contributed by atoms with van der Waals surface area (Å²) in [4.78, 5) is 14.6. The fraction of sp³-hybridized carbons (Fsp3) is 0. The lowest BCUT2D eigenvalue weighted by Crippen LogP contribution is -2.09. The Morgan fingerprint density at radius 2 is 2.42 bits per heavy atom. The first-order valence-corrected chi connectivity index (χ1v) is 3.92. The van der Waals surface area contributed by atoms with Gasteiger partial charge in [-0.3, -0.25) is 10.1 Å². The quantitative estimate of drug-likeness (QED) is 0.580. The van der Waals surface area contributed by atoms with E-state index in [2.05, 4.69) is 26.2 Å². The monoisotopic (exact) mass is 224 g/mol. The molecule has 1 N–H and O–H groups in total. The summed E-state index contributed by atoms with van der Waals surface area (Å²) in [7, 11) is 0. The fourth-order valence-corrected chi connectivity index (χ4v) is 0.974. The van der Waals surface area contributed by atoms with Crippen molar-refractivity contribution in [3.05, 3.63) is 22.8 Å². The molecule has 0 saturated carbocycles. The summed E-state index contributed by atoms with van der Waals surface area (Å²) in [5, 5.41) is 2.42. The van der Waals surface area contributed by atoms with Crippen molar-refractivity contribution in [3.8, 4) is 12.3 Å². The third-order valence-corrected chi connectivity index (χ3v) is 1.53. The van der Waals surface area contributed by atoms with E-state index < -0.39 is 5.91 Å². The molecule has 1 aromatic rings. The number of pyridine rings is 1. The maximum Gasteiger partial charge on any atom is 0.301 e. The molecule has 0 aliphatic heterocycles. The van der Waals surface area contributed by atoms with E-state index in [1.165, 1.54) is 0 Å². The van der Waals surface area contributed by atoms with Crippen LogP contribution in [-0.2, 0) is 4.79 Å². The van der Waals surface area contributed by atoms with Crippen LogP contribution in [0.3, 0.4) is 0 Å². The van der Waals surface area contributed by atoms with Gasteiger partial charge in [-0.2, -0.15) is 0 Å². The molecule has 1 rings (SSSR count). The molecule has 0 unspecified atom stereocenters. The lowest BCUT2D eigenvalue weighted by Gasteiger charge is -1.98. The van der Waals surface area contributed by atoms with Crippen LogP contribution in [0.2, 0.25) is 0 Å². The number of hydrogen-bond acceptors (Lipinski definition) is 2. The molecule has 1 heterocycles. The molecule has 4 heteroatoms. The minimum absolute atomic E-state index is 0.437. The van der Waals surface area contributed by atoms with Crippen molar-refractivity contribution in [3.63, 3.8) is 0 Å². The average molecular weight is 225 g/mol. The SMILES string of the molecule is C#CC(=O)Nc1cccc(Br)n1. The van der Waals surface area contributed by atoms with E-state index in [0.717, 1.165) is 0 Å². The molecule has 12 heavy (non-hydrogen) atoms. The second kappa shape index (κ2) is 3.88. The van der Waals surface area contributed by atoms with E-state index in [4.69, 9.17) is 6.42 Å². The Morgan fingerprint density at radius 1 is 1.67 bits per heavy atom. The molecule has 0 aliphatic carbocycles. The summed E-state index contributed by atoms with van der Waals surface area (Å²) >= 11 is 3.16. The molecule has 0 saturated heterocycles. The Bertz CT molecular complexity index is 343. The number of hydrogen-bond donors (Lipinski definition) is 1. The van der Waals surface area contributed by atoms with Crippen molar-refractivity contribution in [1.82, 2.24) is 4.98 Å². The molecule has 0 fully saturated rings.